The molecule has 0 atom stereocenters. The number of halogens is 2. The first kappa shape index (κ1) is 21.7. The summed E-state index contributed by atoms with van der Waals surface area (Å²) in [6.07, 6.45) is 0.178. The van der Waals surface area contributed by atoms with Crippen LogP contribution in [0.15, 0.2) is 42.5 Å². The molecule has 0 spiro atoms. The molecule has 0 saturated heterocycles. The highest BCUT2D eigenvalue weighted by Crippen LogP contribution is 2.26. The van der Waals surface area contributed by atoms with E-state index >= 15 is 0 Å². The summed E-state index contributed by atoms with van der Waals surface area (Å²) in [5.74, 6) is -0.165. The molecule has 7 nitrogen and oxygen atoms in total. The highest BCUT2D eigenvalue weighted by atomic mass is 35.5. The summed E-state index contributed by atoms with van der Waals surface area (Å²) in [6, 6.07) is 11.8. The fraction of sp³-hybridized carbons (Fsp3) is 0.190. The molecule has 3 rings (SSSR count). The largest absolute Gasteiger partial charge is 0.341 e. The molecule has 0 saturated carbocycles. The SMILES string of the molecule is CNC(=O)Nc1ccc(NC(=O)Cc2c(C)nn(-c3ccc(Cl)c(Cl)c3)c2C)cc1. The highest BCUT2D eigenvalue weighted by Gasteiger charge is 2.17. The zero-order chi connectivity index (χ0) is 21.8. The van der Waals surface area contributed by atoms with Crippen molar-refractivity contribution in [2.75, 3.05) is 17.7 Å². The van der Waals surface area contributed by atoms with Gasteiger partial charge in [0, 0.05) is 29.7 Å². The Bertz CT molecular complexity index is 1090. The number of hydrogen-bond donors (Lipinski definition) is 3. The standard InChI is InChI=1S/C21H21Cl2N5O2/c1-12-17(13(2)28(27-12)16-8-9-18(22)19(23)10-16)11-20(29)25-14-4-6-15(7-5-14)26-21(30)24-3/h4-10H,11H2,1-3H3,(H,25,29)(H2,24,26,30). The lowest BCUT2D eigenvalue weighted by Gasteiger charge is -2.09. The second-order valence-corrected chi connectivity index (χ2v) is 7.48. The van der Waals surface area contributed by atoms with Gasteiger partial charge in [0.25, 0.3) is 0 Å². The average molecular weight is 446 g/mol. The molecule has 0 unspecified atom stereocenters. The zero-order valence-corrected chi connectivity index (χ0v) is 18.2. The molecule has 0 bridgehead atoms. The molecule has 3 amide bonds. The predicted octanol–water partition coefficient (Wildman–Crippen LogP) is 4.73. The molecule has 1 heterocycles. The summed E-state index contributed by atoms with van der Waals surface area (Å²) in [7, 11) is 1.54. The Labute approximate surface area is 184 Å². The molecule has 3 N–H and O–H groups in total. The Morgan fingerprint density at radius 3 is 2.20 bits per heavy atom. The minimum absolute atomic E-state index is 0.165. The van der Waals surface area contributed by atoms with Crippen LogP contribution in [0.25, 0.3) is 5.69 Å². The number of nitrogens with zero attached hydrogens (tertiary/aromatic N) is 2. The zero-order valence-electron chi connectivity index (χ0n) is 16.7. The van der Waals surface area contributed by atoms with Crippen LogP contribution in [-0.2, 0) is 11.2 Å². The van der Waals surface area contributed by atoms with E-state index in [0.29, 0.717) is 21.4 Å². The third kappa shape index (κ3) is 4.93. The van der Waals surface area contributed by atoms with E-state index in [-0.39, 0.29) is 18.4 Å². The summed E-state index contributed by atoms with van der Waals surface area (Å²) in [5, 5.41) is 13.5. The summed E-state index contributed by atoms with van der Waals surface area (Å²) >= 11 is 12.1. The van der Waals surface area contributed by atoms with Crippen LogP contribution >= 0.6 is 23.2 Å². The number of anilines is 2. The first-order chi connectivity index (χ1) is 14.3. The summed E-state index contributed by atoms with van der Waals surface area (Å²) in [4.78, 5) is 23.9. The van der Waals surface area contributed by atoms with Gasteiger partial charge in [-0.1, -0.05) is 23.2 Å². The van der Waals surface area contributed by atoms with Crippen molar-refractivity contribution in [1.82, 2.24) is 15.1 Å². The van der Waals surface area contributed by atoms with E-state index in [0.717, 1.165) is 22.6 Å². The highest BCUT2D eigenvalue weighted by molar-refractivity contribution is 6.42. The molecular formula is C21H21Cl2N5O2. The number of carbonyl (C=O) groups is 2. The van der Waals surface area contributed by atoms with Crippen molar-refractivity contribution in [3.8, 4) is 5.69 Å². The Hall–Kier alpha value is -3.03. The van der Waals surface area contributed by atoms with E-state index in [9.17, 15) is 9.59 Å². The maximum absolute atomic E-state index is 12.6. The van der Waals surface area contributed by atoms with Crippen molar-refractivity contribution in [2.45, 2.75) is 20.3 Å². The number of aryl methyl sites for hydroxylation is 1. The second kappa shape index (κ2) is 9.19. The van der Waals surface area contributed by atoms with Crippen LogP contribution in [0.4, 0.5) is 16.2 Å². The molecule has 3 aromatic rings. The van der Waals surface area contributed by atoms with Crippen molar-refractivity contribution < 1.29 is 9.59 Å². The van der Waals surface area contributed by atoms with Crippen molar-refractivity contribution in [3.63, 3.8) is 0 Å². The lowest BCUT2D eigenvalue weighted by molar-refractivity contribution is -0.115. The molecule has 1 aromatic heterocycles. The fourth-order valence-corrected chi connectivity index (χ4v) is 3.29. The first-order valence-electron chi connectivity index (χ1n) is 9.17. The Morgan fingerprint density at radius 2 is 1.60 bits per heavy atom. The number of nitrogens with one attached hydrogen (secondary N) is 3. The number of amides is 3. The normalized spacial score (nSPS) is 10.6. The van der Waals surface area contributed by atoms with E-state index in [1.54, 1.807) is 41.1 Å². The van der Waals surface area contributed by atoms with Gasteiger partial charge in [-0.2, -0.15) is 5.10 Å². The molecule has 156 valence electrons. The van der Waals surface area contributed by atoms with Gasteiger partial charge in [-0.25, -0.2) is 9.48 Å². The van der Waals surface area contributed by atoms with Gasteiger partial charge in [-0.15, -0.1) is 0 Å². The van der Waals surface area contributed by atoms with Crippen LogP contribution in [-0.4, -0.2) is 28.8 Å². The third-order valence-electron chi connectivity index (χ3n) is 4.58. The second-order valence-electron chi connectivity index (χ2n) is 6.67. The van der Waals surface area contributed by atoms with Crippen LogP contribution < -0.4 is 16.0 Å². The summed E-state index contributed by atoms with van der Waals surface area (Å²) in [6.45, 7) is 3.77. The topological polar surface area (TPSA) is 88.1 Å². The quantitative estimate of drug-likeness (QED) is 0.530. The molecule has 0 radical (unpaired) electrons. The van der Waals surface area contributed by atoms with Crippen LogP contribution in [0.5, 0.6) is 0 Å². The van der Waals surface area contributed by atoms with Gasteiger partial charge in [0.05, 0.1) is 27.8 Å². The predicted molar refractivity (Wildman–Crippen MR) is 120 cm³/mol. The molecule has 9 heteroatoms. The van der Waals surface area contributed by atoms with Crippen LogP contribution in [0.1, 0.15) is 17.0 Å². The third-order valence-corrected chi connectivity index (χ3v) is 5.32. The van der Waals surface area contributed by atoms with E-state index in [1.807, 2.05) is 19.9 Å². The smallest absolute Gasteiger partial charge is 0.318 e. The van der Waals surface area contributed by atoms with Crippen molar-refractivity contribution >= 4 is 46.5 Å². The molecule has 0 aliphatic carbocycles. The fourth-order valence-electron chi connectivity index (χ4n) is 3.00. The summed E-state index contributed by atoms with van der Waals surface area (Å²) in [5.41, 5.74) is 4.49. The van der Waals surface area contributed by atoms with Crippen molar-refractivity contribution in [2.24, 2.45) is 0 Å². The molecule has 0 aliphatic rings. The number of urea groups is 1. The maximum atomic E-state index is 12.6. The maximum Gasteiger partial charge on any atom is 0.318 e. The van der Waals surface area contributed by atoms with E-state index in [1.165, 1.54) is 7.05 Å². The average Bonchev–Trinajstić information content (AvgIpc) is 2.99. The van der Waals surface area contributed by atoms with Gasteiger partial charge in [-0.05, 0) is 56.3 Å². The number of carbonyl (C=O) groups excluding carboxylic acids is 2. The molecule has 0 fully saturated rings. The Kier molecular flexibility index (Phi) is 6.64. The van der Waals surface area contributed by atoms with Gasteiger partial charge < -0.3 is 16.0 Å². The monoisotopic (exact) mass is 445 g/mol. The Balaban J connectivity index is 1.72. The molecule has 30 heavy (non-hydrogen) atoms. The van der Waals surface area contributed by atoms with Gasteiger partial charge >= 0.3 is 6.03 Å². The van der Waals surface area contributed by atoms with Crippen molar-refractivity contribution in [3.05, 3.63) is 69.5 Å². The van der Waals surface area contributed by atoms with Gasteiger partial charge in [0.2, 0.25) is 5.91 Å². The Morgan fingerprint density at radius 1 is 0.967 bits per heavy atom. The van der Waals surface area contributed by atoms with E-state index in [4.69, 9.17) is 23.2 Å². The van der Waals surface area contributed by atoms with Gasteiger partial charge in [0.15, 0.2) is 0 Å². The van der Waals surface area contributed by atoms with E-state index in [2.05, 4.69) is 21.0 Å². The minimum Gasteiger partial charge on any atom is -0.341 e. The van der Waals surface area contributed by atoms with Crippen molar-refractivity contribution in [1.29, 1.82) is 0 Å². The summed E-state index contributed by atoms with van der Waals surface area (Å²) < 4.78 is 1.75. The van der Waals surface area contributed by atoms with Crippen LogP contribution in [0, 0.1) is 13.8 Å². The van der Waals surface area contributed by atoms with E-state index < -0.39 is 0 Å². The molecule has 2 aromatic carbocycles. The van der Waals surface area contributed by atoms with Gasteiger partial charge in [0.1, 0.15) is 0 Å². The first-order valence-corrected chi connectivity index (χ1v) is 9.93. The number of benzene rings is 2. The molecular weight excluding hydrogens is 425 g/mol. The number of aromatic nitrogens is 2. The van der Waals surface area contributed by atoms with Gasteiger partial charge in [-0.3, -0.25) is 4.79 Å². The van der Waals surface area contributed by atoms with Crippen LogP contribution in [0.3, 0.4) is 0 Å². The number of hydrogen-bond acceptors (Lipinski definition) is 3. The minimum atomic E-state index is -0.309. The lowest BCUT2D eigenvalue weighted by Crippen LogP contribution is -2.24. The number of rotatable bonds is 5. The van der Waals surface area contributed by atoms with Crippen LogP contribution in [0.2, 0.25) is 10.0 Å². The molecule has 0 aliphatic heterocycles. The lowest BCUT2D eigenvalue weighted by atomic mass is 10.1.